The van der Waals surface area contributed by atoms with E-state index >= 15 is 0 Å². The molecule has 80 valence electrons. The van der Waals surface area contributed by atoms with Crippen molar-refractivity contribution >= 4 is 17.0 Å². The number of nitrogens with one attached hydrogen (secondary N) is 1. The van der Waals surface area contributed by atoms with Gasteiger partial charge in [0.05, 0.1) is 12.9 Å². The van der Waals surface area contributed by atoms with Gasteiger partial charge in [-0.15, -0.1) is 0 Å². The molecule has 2 aromatic heterocycles. The van der Waals surface area contributed by atoms with Crippen molar-refractivity contribution in [1.82, 2.24) is 9.97 Å². The fourth-order valence-corrected chi connectivity index (χ4v) is 1.38. The number of ether oxygens (including phenoxy) is 1. The van der Waals surface area contributed by atoms with Gasteiger partial charge in [-0.25, -0.2) is 4.98 Å². The van der Waals surface area contributed by atoms with Gasteiger partial charge < -0.3 is 14.9 Å². The van der Waals surface area contributed by atoms with Crippen molar-refractivity contribution in [3.63, 3.8) is 0 Å². The molecule has 6 nitrogen and oxygen atoms in total. The Kier molecular flexibility index (Phi) is 2.42. The molecule has 0 saturated carbocycles. The van der Waals surface area contributed by atoms with Crippen molar-refractivity contribution in [3.05, 3.63) is 22.2 Å². The molecular weight excluding hydrogens is 198 g/mol. The second-order valence-corrected chi connectivity index (χ2v) is 3.13. The summed E-state index contributed by atoms with van der Waals surface area (Å²) in [7, 11) is 1.61. The largest absolute Gasteiger partial charge is 0.456 e. The fraction of sp³-hybridized carbons (Fsp3) is 0.333. The van der Waals surface area contributed by atoms with Crippen molar-refractivity contribution in [2.75, 3.05) is 19.5 Å². The van der Waals surface area contributed by atoms with Crippen molar-refractivity contribution in [2.24, 2.45) is 0 Å². The third-order valence-electron chi connectivity index (χ3n) is 2.09. The zero-order valence-corrected chi connectivity index (χ0v) is 8.24. The molecule has 0 aliphatic carbocycles. The monoisotopic (exact) mass is 209 g/mol. The number of furan rings is 1. The minimum absolute atomic E-state index is 0.0903. The number of H-pyrrole nitrogens is 1. The van der Waals surface area contributed by atoms with Crippen LogP contribution in [0.5, 0.6) is 0 Å². The molecule has 0 aromatic carbocycles. The van der Waals surface area contributed by atoms with Crippen molar-refractivity contribution in [2.45, 2.75) is 6.42 Å². The van der Waals surface area contributed by atoms with E-state index in [4.69, 9.17) is 14.9 Å². The number of rotatable bonds is 3. The Labute approximate surface area is 85.1 Å². The second-order valence-electron chi connectivity index (χ2n) is 3.13. The smallest absolute Gasteiger partial charge is 0.295 e. The van der Waals surface area contributed by atoms with Crippen LogP contribution in [0.15, 0.2) is 15.5 Å². The first-order valence-electron chi connectivity index (χ1n) is 4.47. The number of nitrogens with two attached hydrogens (primary N) is 1. The van der Waals surface area contributed by atoms with Crippen LogP contribution in [0.3, 0.4) is 0 Å². The second kappa shape index (κ2) is 3.74. The van der Waals surface area contributed by atoms with Crippen LogP contribution in [0.2, 0.25) is 0 Å². The number of anilines is 1. The zero-order chi connectivity index (χ0) is 10.8. The standard InChI is InChI=1S/C9H11N3O3/c1-14-3-2-5-4-15-7-6(5)11-9(10)12-8(7)13/h4H,2-3H2,1H3,(H3,10,11,12,13). The van der Waals surface area contributed by atoms with E-state index in [1.54, 1.807) is 7.11 Å². The average molecular weight is 209 g/mol. The third kappa shape index (κ3) is 1.71. The lowest BCUT2D eigenvalue weighted by molar-refractivity contribution is 0.202. The van der Waals surface area contributed by atoms with Crippen LogP contribution in [-0.4, -0.2) is 23.7 Å². The summed E-state index contributed by atoms with van der Waals surface area (Å²) in [4.78, 5) is 17.8. The molecule has 2 heterocycles. The molecule has 0 aliphatic heterocycles. The molecule has 6 heteroatoms. The third-order valence-corrected chi connectivity index (χ3v) is 2.09. The number of aromatic nitrogens is 2. The summed E-state index contributed by atoms with van der Waals surface area (Å²) in [5.74, 6) is 0.0903. The Morgan fingerprint density at radius 2 is 2.47 bits per heavy atom. The predicted molar refractivity (Wildman–Crippen MR) is 54.6 cm³/mol. The van der Waals surface area contributed by atoms with Crippen LogP contribution in [0.4, 0.5) is 5.95 Å². The number of nitrogen functional groups attached to an aromatic ring is 1. The average Bonchev–Trinajstić information content (AvgIpc) is 2.58. The van der Waals surface area contributed by atoms with Gasteiger partial charge in [0.15, 0.2) is 0 Å². The maximum atomic E-state index is 11.4. The topological polar surface area (TPSA) is 94.1 Å². The van der Waals surface area contributed by atoms with E-state index in [9.17, 15) is 4.79 Å². The Morgan fingerprint density at radius 3 is 3.20 bits per heavy atom. The highest BCUT2D eigenvalue weighted by Crippen LogP contribution is 2.16. The number of aromatic amines is 1. The summed E-state index contributed by atoms with van der Waals surface area (Å²) in [6.07, 6.45) is 2.14. The normalized spacial score (nSPS) is 11.0. The number of hydrogen-bond donors (Lipinski definition) is 2. The number of nitrogens with zero attached hydrogens (tertiary/aromatic N) is 1. The summed E-state index contributed by atoms with van der Waals surface area (Å²) in [6, 6.07) is 0. The minimum atomic E-state index is -0.360. The molecule has 0 spiro atoms. The van der Waals surface area contributed by atoms with Crippen molar-refractivity contribution in [1.29, 1.82) is 0 Å². The molecule has 3 N–H and O–H groups in total. The molecule has 0 fully saturated rings. The zero-order valence-electron chi connectivity index (χ0n) is 8.24. The summed E-state index contributed by atoms with van der Waals surface area (Å²) < 4.78 is 10.1. The SMILES string of the molecule is COCCc1coc2c(=O)[nH]c(N)nc12. The van der Waals surface area contributed by atoms with Gasteiger partial charge in [-0.05, 0) is 0 Å². The summed E-state index contributed by atoms with van der Waals surface area (Å²) >= 11 is 0. The van der Waals surface area contributed by atoms with Crippen LogP contribution in [-0.2, 0) is 11.2 Å². The summed E-state index contributed by atoms with van der Waals surface area (Å²) in [5.41, 5.74) is 6.62. The van der Waals surface area contributed by atoms with Gasteiger partial charge in [0.1, 0.15) is 5.52 Å². The lowest BCUT2D eigenvalue weighted by Gasteiger charge is -1.96. The fourth-order valence-electron chi connectivity index (χ4n) is 1.38. The van der Waals surface area contributed by atoms with Crippen LogP contribution in [0.25, 0.3) is 11.1 Å². The molecule has 0 amide bonds. The highest BCUT2D eigenvalue weighted by molar-refractivity contribution is 5.76. The Morgan fingerprint density at radius 1 is 1.67 bits per heavy atom. The van der Waals surface area contributed by atoms with Crippen LogP contribution in [0.1, 0.15) is 5.56 Å². The van der Waals surface area contributed by atoms with Gasteiger partial charge >= 0.3 is 0 Å². The van der Waals surface area contributed by atoms with Gasteiger partial charge in [0.2, 0.25) is 11.5 Å². The Hall–Kier alpha value is -1.82. The Balaban J connectivity index is 2.53. The van der Waals surface area contributed by atoms with Crippen molar-refractivity contribution < 1.29 is 9.15 Å². The predicted octanol–water partition coefficient (Wildman–Crippen LogP) is 0.287. The summed E-state index contributed by atoms with van der Waals surface area (Å²) in [5, 5.41) is 0. The number of fused-ring (bicyclic) bond motifs is 1. The Bertz CT molecular complexity index is 529. The molecule has 0 radical (unpaired) electrons. The first kappa shape index (κ1) is 9.72. The lowest BCUT2D eigenvalue weighted by Crippen LogP contribution is -2.10. The molecular formula is C9H11N3O3. The first-order valence-corrected chi connectivity index (χ1v) is 4.47. The van der Waals surface area contributed by atoms with Crippen molar-refractivity contribution in [3.8, 4) is 0 Å². The van der Waals surface area contributed by atoms with E-state index in [1.807, 2.05) is 0 Å². The summed E-state index contributed by atoms with van der Waals surface area (Å²) in [6.45, 7) is 0.545. The number of methoxy groups -OCH3 is 1. The van der Waals surface area contributed by atoms with E-state index in [2.05, 4.69) is 9.97 Å². The van der Waals surface area contributed by atoms with E-state index in [0.29, 0.717) is 18.5 Å². The molecule has 15 heavy (non-hydrogen) atoms. The van der Waals surface area contributed by atoms with Crippen LogP contribution >= 0.6 is 0 Å². The lowest BCUT2D eigenvalue weighted by atomic mass is 10.2. The molecule has 2 rings (SSSR count). The van der Waals surface area contributed by atoms with Gasteiger partial charge in [-0.1, -0.05) is 0 Å². The van der Waals surface area contributed by atoms with Gasteiger partial charge in [-0.3, -0.25) is 9.78 Å². The molecule has 0 aliphatic rings. The van der Waals surface area contributed by atoms with Gasteiger partial charge in [-0.2, -0.15) is 0 Å². The molecule has 2 aromatic rings. The van der Waals surface area contributed by atoms with Crippen LogP contribution in [0, 0.1) is 0 Å². The minimum Gasteiger partial charge on any atom is -0.456 e. The van der Waals surface area contributed by atoms with Gasteiger partial charge in [0.25, 0.3) is 5.56 Å². The van der Waals surface area contributed by atoms with E-state index < -0.39 is 0 Å². The number of hydrogen-bond acceptors (Lipinski definition) is 5. The van der Waals surface area contributed by atoms with Crippen LogP contribution < -0.4 is 11.3 Å². The maximum Gasteiger partial charge on any atom is 0.295 e. The highest BCUT2D eigenvalue weighted by Gasteiger charge is 2.11. The first-order chi connectivity index (χ1) is 7.22. The molecule has 0 unspecified atom stereocenters. The van der Waals surface area contributed by atoms with E-state index in [-0.39, 0.29) is 17.1 Å². The maximum absolute atomic E-state index is 11.4. The van der Waals surface area contributed by atoms with E-state index in [0.717, 1.165) is 5.56 Å². The molecule has 0 saturated heterocycles. The molecule has 0 atom stereocenters. The molecule has 0 bridgehead atoms. The van der Waals surface area contributed by atoms with E-state index in [1.165, 1.54) is 6.26 Å². The highest BCUT2D eigenvalue weighted by atomic mass is 16.5. The van der Waals surface area contributed by atoms with Gasteiger partial charge in [0, 0.05) is 19.1 Å². The quantitative estimate of drug-likeness (QED) is 0.757.